The van der Waals surface area contributed by atoms with Crippen LogP contribution >= 0.6 is 0 Å². The lowest BCUT2D eigenvalue weighted by Crippen LogP contribution is -2.45. The van der Waals surface area contributed by atoms with Gasteiger partial charge in [-0.3, -0.25) is 4.79 Å². The molecule has 0 aliphatic heterocycles. The van der Waals surface area contributed by atoms with Crippen molar-refractivity contribution < 1.29 is 15.0 Å². The van der Waals surface area contributed by atoms with Crippen LogP contribution in [0.3, 0.4) is 0 Å². The van der Waals surface area contributed by atoms with Crippen molar-refractivity contribution in [2.24, 2.45) is 0 Å². The third kappa shape index (κ3) is 55.4. The number of carbonyl (C=O) groups excluding carboxylic acids is 1. The molecule has 0 saturated heterocycles. The van der Waals surface area contributed by atoms with Crippen molar-refractivity contribution >= 4 is 5.91 Å². The van der Waals surface area contributed by atoms with Gasteiger partial charge in [0.05, 0.1) is 18.8 Å². The van der Waals surface area contributed by atoms with E-state index in [1.807, 2.05) is 6.08 Å². The number of nitrogens with one attached hydrogen (secondary N) is 1. The molecule has 0 aromatic rings. The first kappa shape index (κ1) is 65.6. The van der Waals surface area contributed by atoms with Gasteiger partial charge in [0, 0.05) is 6.42 Å². The maximum Gasteiger partial charge on any atom is 0.220 e. The molecule has 67 heavy (non-hydrogen) atoms. The molecular weight excluding hydrogens is 819 g/mol. The molecule has 3 N–H and O–H groups in total. The van der Waals surface area contributed by atoms with Gasteiger partial charge >= 0.3 is 0 Å². The molecule has 0 fully saturated rings. The summed E-state index contributed by atoms with van der Waals surface area (Å²) >= 11 is 0. The second-order valence-corrected chi connectivity index (χ2v) is 21.1. The van der Waals surface area contributed by atoms with Gasteiger partial charge in [-0.1, -0.05) is 326 Å². The van der Waals surface area contributed by atoms with E-state index in [1.165, 1.54) is 283 Å². The zero-order chi connectivity index (χ0) is 48.5. The highest BCUT2D eigenvalue weighted by molar-refractivity contribution is 5.76. The van der Waals surface area contributed by atoms with Crippen LogP contribution in [0.1, 0.15) is 341 Å². The number of hydrogen-bond acceptors (Lipinski definition) is 3. The second-order valence-electron chi connectivity index (χ2n) is 21.1. The van der Waals surface area contributed by atoms with Crippen LogP contribution in [0.4, 0.5) is 0 Å². The Kier molecular flexibility index (Phi) is 57.7. The van der Waals surface area contributed by atoms with Crippen molar-refractivity contribution in [3.63, 3.8) is 0 Å². The molecule has 0 saturated carbocycles. The first-order chi connectivity index (χ1) is 33.2. The minimum absolute atomic E-state index is 0.0726. The highest BCUT2D eigenvalue weighted by atomic mass is 16.3. The number of rotatable bonds is 57. The smallest absolute Gasteiger partial charge is 0.220 e. The van der Waals surface area contributed by atoms with Gasteiger partial charge in [0.2, 0.25) is 5.91 Å². The average molecular weight is 941 g/mol. The predicted molar refractivity (Wildman–Crippen MR) is 299 cm³/mol. The second kappa shape index (κ2) is 58.9. The van der Waals surface area contributed by atoms with Gasteiger partial charge in [0.15, 0.2) is 0 Å². The van der Waals surface area contributed by atoms with Gasteiger partial charge in [-0.15, -0.1) is 0 Å². The normalized spacial score (nSPS) is 13.0. The fraction of sp³-hybridized carbons (Fsp3) is 0.889. The van der Waals surface area contributed by atoms with Gasteiger partial charge in [0.1, 0.15) is 0 Å². The molecule has 4 heteroatoms. The van der Waals surface area contributed by atoms with E-state index in [9.17, 15) is 15.0 Å². The van der Waals surface area contributed by atoms with Crippen LogP contribution in [0.15, 0.2) is 36.5 Å². The van der Waals surface area contributed by atoms with Crippen LogP contribution in [0.25, 0.3) is 0 Å². The van der Waals surface area contributed by atoms with Gasteiger partial charge in [-0.05, 0) is 44.9 Å². The van der Waals surface area contributed by atoms with Crippen LogP contribution < -0.4 is 5.32 Å². The lowest BCUT2D eigenvalue weighted by Gasteiger charge is -2.19. The van der Waals surface area contributed by atoms with Crippen molar-refractivity contribution in [2.75, 3.05) is 6.61 Å². The Balaban J connectivity index is 3.37. The molecule has 0 aromatic heterocycles. The molecule has 2 unspecified atom stereocenters. The number of hydrogen-bond donors (Lipinski definition) is 3. The molecule has 4 nitrogen and oxygen atoms in total. The van der Waals surface area contributed by atoms with Crippen molar-refractivity contribution in [3.05, 3.63) is 36.5 Å². The summed E-state index contributed by atoms with van der Waals surface area (Å²) in [5.74, 6) is -0.0726. The van der Waals surface area contributed by atoms with E-state index in [-0.39, 0.29) is 12.5 Å². The van der Waals surface area contributed by atoms with Crippen LogP contribution in [0.5, 0.6) is 0 Å². The Morgan fingerprint density at radius 3 is 0.866 bits per heavy atom. The topological polar surface area (TPSA) is 69.6 Å². The number of carbonyl (C=O) groups is 1. The summed E-state index contributed by atoms with van der Waals surface area (Å²) in [4.78, 5) is 12.5. The summed E-state index contributed by atoms with van der Waals surface area (Å²) in [6.45, 7) is 4.31. The number of unbranched alkanes of at least 4 members (excludes halogenated alkanes) is 46. The third-order valence-corrected chi connectivity index (χ3v) is 14.4. The number of aliphatic hydroxyl groups is 2. The maximum atomic E-state index is 12.5. The number of allylic oxidation sites excluding steroid dienone is 5. The lowest BCUT2D eigenvalue weighted by atomic mass is 10.0. The lowest BCUT2D eigenvalue weighted by molar-refractivity contribution is -0.123. The first-order valence-corrected chi connectivity index (χ1v) is 30.7. The molecule has 0 bridgehead atoms. The zero-order valence-corrected chi connectivity index (χ0v) is 45.7. The van der Waals surface area contributed by atoms with Crippen LogP contribution in [-0.2, 0) is 4.79 Å². The van der Waals surface area contributed by atoms with Crippen molar-refractivity contribution in [3.8, 4) is 0 Å². The third-order valence-electron chi connectivity index (χ3n) is 14.4. The summed E-state index contributed by atoms with van der Waals surface area (Å²) in [5, 5.41) is 23.1. The number of aliphatic hydroxyl groups excluding tert-OH is 2. The largest absolute Gasteiger partial charge is 0.394 e. The van der Waals surface area contributed by atoms with Gasteiger partial charge in [0.25, 0.3) is 0 Å². The minimum Gasteiger partial charge on any atom is -0.394 e. The Morgan fingerprint density at radius 2 is 0.582 bits per heavy atom. The summed E-state index contributed by atoms with van der Waals surface area (Å²) < 4.78 is 0. The molecule has 0 spiro atoms. The Morgan fingerprint density at radius 1 is 0.343 bits per heavy atom. The van der Waals surface area contributed by atoms with E-state index in [4.69, 9.17) is 0 Å². The van der Waals surface area contributed by atoms with Gasteiger partial charge in [-0.25, -0.2) is 0 Å². The average Bonchev–Trinajstić information content (AvgIpc) is 3.33. The highest BCUT2D eigenvalue weighted by Crippen LogP contribution is 2.18. The standard InChI is InChI=1S/C63H121NO3/c1-3-5-7-9-11-13-15-17-19-20-21-22-23-24-25-26-27-28-29-30-31-32-33-34-35-36-37-38-39-40-41-42-43-45-47-49-51-53-55-57-59-63(67)64-61(60-65)62(66)58-56-54-52-50-48-46-44-18-16-14-12-10-8-6-4-2/h16,18,48,50,56,58,61-62,65-66H,3-15,17,19-47,49,51-55,57,59-60H2,1-2H3,(H,64,67)/b18-16+,50-48+,58-56+. The Bertz CT molecular complexity index is 1020. The fourth-order valence-corrected chi connectivity index (χ4v) is 9.69. The van der Waals surface area contributed by atoms with Crippen molar-refractivity contribution in [2.45, 2.75) is 353 Å². The summed E-state index contributed by atoms with van der Waals surface area (Å²) in [6.07, 6.45) is 80.7. The summed E-state index contributed by atoms with van der Waals surface area (Å²) in [5.41, 5.74) is 0. The van der Waals surface area contributed by atoms with Crippen molar-refractivity contribution in [1.82, 2.24) is 5.32 Å². The zero-order valence-electron chi connectivity index (χ0n) is 45.7. The first-order valence-electron chi connectivity index (χ1n) is 30.7. The molecular formula is C63H121NO3. The van der Waals surface area contributed by atoms with E-state index in [0.29, 0.717) is 6.42 Å². The summed E-state index contributed by atoms with van der Waals surface area (Å²) in [6, 6.07) is -0.643. The van der Waals surface area contributed by atoms with Crippen LogP contribution in [-0.4, -0.2) is 34.9 Å². The molecule has 396 valence electrons. The predicted octanol–water partition coefficient (Wildman–Crippen LogP) is 20.4. The van der Waals surface area contributed by atoms with Gasteiger partial charge < -0.3 is 15.5 Å². The van der Waals surface area contributed by atoms with Crippen molar-refractivity contribution in [1.29, 1.82) is 0 Å². The quantitative estimate of drug-likeness (QED) is 0.0420. The van der Waals surface area contributed by atoms with E-state index < -0.39 is 12.1 Å². The highest BCUT2D eigenvalue weighted by Gasteiger charge is 2.18. The molecule has 0 radical (unpaired) electrons. The molecule has 2 atom stereocenters. The molecule has 1 amide bonds. The Hall–Kier alpha value is -1.39. The molecule has 0 aliphatic rings. The maximum absolute atomic E-state index is 12.5. The van der Waals surface area contributed by atoms with E-state index in [2.05, 4.69) is 43.5 Å². The molecule has 0 aliphatic carbocycles. The van der Waals surface area contributed by atoms with Crippen LogP contribution in [0, 0.1) is 0 Å². The van der Waals surface area contributed by atoms with Crippen LogP contribution in [0.2, 0.25) is 0 Å². The monoisotopic (exact) mass is 940 g/mol. The molecule has 0 heterocycles. The summed E-state index contributed by atoms with van der Waals surface area (Å²) in [7, 11) is 0. The molecule has 0 rings (SSSR count). The fourth-order valence-electron chi connectivity index (χ4n) is 9.69. The Labute approximate surface area is 421 Å². The van der Waals surface area contributed by atoms with E-state index in [0.717, 1.165) is 38.5 Å². The van der Waals surface area contributed by atoms with E-state index >= 15 is 0 Å². The van der Waals surface area contributed by atoms with E-state index in [1.54, 1.807) is 6.08 Å². The SMILES string of the molecule is CCCCCCC/C=C/CC/C=C/CC/C=C/C(O)C(CO)NC(=O)CCCCCCCCCCCCCCCCCCCCCCCCCCCCCCCCCCCCCCCCCC. The number of amides is 1. The molecule has 0 aromatic carbocycles. The van der Waals surface area contributed by atoms with Gasteiger partial charge in [-0.2, -0.15) is 0 Å². The minimum atomic E-state index is -0.868.